The molecule has 0 heterocycles. The second kappa shape index (κ2) is 3.46. The van der Waals surface area contributed by atoms with Gasteiger partial charge in [0.15, 0.2) is 0 Å². The Kier molecular flexibility index (Phi) is 2.18. The van der Waals surface area contributed by atoms with E-state index in [-0.39, 0.29) is 0 Å². The van der Waals surface area contributed by atoms with Crippen molar-refractivity contribution in [2.45, 2.75) is 62.7 Å². The molecule has 7 atom stereocenters. The topological polar surface area (TPSA) is 0 Å². The summed E-state index contributed by atoms with van der Waals surface area (Å²) < 4.78 is 0. The second-order valence-corrected chi connectivity index (χ2v) is 8.55. The summed E-state index contributed by atoms with van der Waals surface area (Å²) in [7, 11) is 1.37. The normalized spacial score (nSPS) is 57.6. The van der Waals surface area contributed by atoms with Crippen LogP contribution in [0.1, 0.15) is 51.4 Å². The van der Waals surface area contributed by atoms with Crippen LogP contribution in [0.4, 0.5) is 0 Å². The quantitative estimate of drug-likeness (QED) is 0.618. The molecule has 0 radical (unpaired) electrons. The molecule has 0 saturated heterocycles. The van der Waals surface area contributed by atoms with E-state index in [9.17, 15) is 0 Å². The maximum Gasteiger partial charge on any atom is -0.0203 e. The minimum absolute atomic E-state index is 1.17. The largest absolute Gasteiger partial charge is 0.115 e. The molecule has 0 aromatic carbocycles. The van der Waals surface area contributed by atoms with Crippen molar-refractivity contribution in [1.82, 2.24) is 0 Å². The molecule has 1 heteroatoms. The molecule has 4 fully saturated rings. The molecule has 3 unspecified atom stereocenters. The third-order valence-electron chi connectivity index (χ3n) is 5.90. The highest BCUT2D eigenvalue weighted by Crippen LogP contribution is 2.58. The van der Waals surface area contributed by atoms with Gasteiger partial charge in [0.1, 0.15) is 0 Å². The summed E-state index contributed by atoms with van der Waals surface area (Å²) in [4.78, 5) is 0. The highest BCUT2D eigenvalue weighted by Gasteiger charge is 2.44. The van der Waals surface area contributed by atoms with E-state index < -0.39 is 0 Å². The van der Waals surface area contributed by atoms with E-state index in [2.05, 4.69) is 0 Å². The molecule has 4 aliphatic carbocycles. The van der Waals surface area contributed by atoms with Crippen molar-refractivity contribution in [2.75, 3.05) is 0 Å². The first-order valence-electron chi connectivity index (χ1n) is 7.14. The Hall–Kier alpha value is 0.430. The summed E-state index contributed by atoms with van der Waals surface area (Å²) in [6.07, 6.45) is 12.9. The van der Waals surface area contributed by atoms with E-state index in [4.69, 9.17) is 0 Å². The SMILES string of the molecule is C1C[C@H]2C[C@H]1CC2PC1C[C@@H]2CC[C@@H]1C2. The molecule has 0 aliphatic heterocycles. The Balaban J connectivity index is 1.40. The Bertz CT molecular complexity index is 236. The highest BCUT2D eigenvalue weighted by molar-refractivity contribution is 7.39. The van der Waals surface area contributed by atoms with Gasteiger partial charge in [0.05, 0.1) is 0 Å². The van der Waals surface area contributed by atoms with Crippen LogP contribution in [0.25, 0.3) is 0 Å². The van der Waals surface area contributed by atoms with Gasteiger partial charge in [-0.05, 0) is 73.5 Å². The lowest BCUT2D eigenvalue weighted by atomic mass is 10.00. The zero-order valence-corrected chi connectivity index (χ0v) is 10.6. The van der Waals surface area contributed by atoms with Gasteiger partial charge in [-0.2, -0.15) is 0 Å². The lowest BCUT2D eigenvalue weighted by molar-refractivity contribution is 0.466. The van der Waals surface area contributed by atoms with Gasteiger partial charge in [-0.1, -0.05) is 12.8 Å². The number of hydrogen-bond donors (Lipinski definition) is 0. The van der Waals surface area contributed by atoms with Crippen LogP contribution in [-0.4, -0.2) is 11.3 Å². The minimum atomic E-state index is 1.17. The van der Waals surface area contributed by atoms with Crippen LogP contribution in [0.2, 0.25) is 0 Å². The van der Waals surface area contributed by atoms with Gasteiger partial charge in [0.2, 0.25) is 0 Å². The van der Waals surface area contributed by atoms with Crippen molar-refractivity contribution in [2.24, 2.45) is 23.7 Å². The molecule has 4 aliphatic rings. The molecular formula is C14H23P. The Morgan fingerprint density at radius 2 is 1.13 bits per heavy atom. The standard InChI is InChI=1S/C14H23P/c1-3-11-5-9(1)7-13(11)15-14-8-10-2-4-12(14)6-10/h9-15H,1-8H2/t9-,10+,11-,12+,13?,14?. The molecule has 15 heavy (non-hydrogen) atoms. The van der Waals surface area contributed by atoms with Crippen molar-refractivity contribution in [3.63, 3.8) is 0 Å². The summed E-state index contributed by atoms with van der Waals surface area (Å²) in [5.41, 5.74) is 2.40. The van der Waals surface area contributed by atoms with E-state index in [1.165, 1.54) is 43.6 Å². The molecule has 0 aromatic rings. The Labute approximate surface area is 95.4 Å². The zero-order chi connectivity index (χ0) is 9.83. The lowest BCUT2D eigenvalue weighted by Crippen LogP contribution is -2.19. The van der Waals surface area contributed by atoms with Gasteiger partial charge in [0.25, 0.3) is 0 Å². The van der Waals surface area contributed by atoms with Gasteiger partial charge in [-0.3, -0.25) is 0 Å². The van der Waals surface area contributed by atoms with Crippen molar-refractivity contribution in [1.29, 1.82) is 0 Å². The monoisotopic (exact) mass is 222 g/mol. The summed E-state index contributed by atoms with van der Waals surface area (Å²) in [6, 6.07) is 0. The highest BCUT2D eigenvalue weighted by atomic mass is 31.1. The summed E-state index contributed by atoms with van der Waals surface area (Å²) in [5.74, 6) is 4.72. The molecule has 0 N–H and O–H groups in total. The fourth-order valence-electron chi connectivity index (χ4n) is 5.17. The molecule has 0 amide bonds. The zero-order valence-electron chi connectivity index (χ0n) is 9.62. The van der Waals surface area contributed by atoms with Crippen LogP contribution in [-0.2, 0) is 0 Å². The van der Waals surface area contributed by atoms with Crippen LogP contribution in [0.5, 0.6) is 0 Å². The van der Waals surface area contributed by atoms with E-state index >= 15 is 0 Å². The van der Waals surface area contributed by atoms with E-state index in [1.807, 2.05) is 0 Å². The average Bonchev–Trinajstić information content (AvgIpc) is 2.96. The van der Waals surface area contributed by atoms with Crippen LogP contribution in [0.15, 0.2) is 0 Å². The molecule has 84 valence electrons. The Morgan fingerprint density at radius 1 is 0.600 bits per heavy atom. The van der Waals surface area contributed by atoms with Crippen molar-refractivity contribution < 1.29 is 0 Å². The maximum absolute atomic E-state index is 1.64. The van der Waals surface area contributed by atoms with Crippen LogP contribution >= 0.6 is 8.58 Å². The van der Waals surface area contributed by atoms with E-state index in [1.54, 1.807) is 51.4 Å². The second-order valence-electron chi connectivity index (χ2n) is 6.73. The minimum Gasteiger partial charge on any atom is -0.115 e. The third-order valence-corrected chi connectivity index (χ3v) is 8.17. The smallest absolute Gasteiger partial charge is 0.0203 e. The summed E-state index contributed by atoms with van der Waals surface area (Å²) in [6.45, 7) is 0. The van der Waals surface area contributed by atoms with Gasteiger partial charge < -0.3 is 0 Å². The number of rotatable bonds is 2. The van der Waals surface area contributed by atoms with Gasteiger partial charge in [-0.25, -0.2) is 0 Å². The first kappa shape index (κ1) is 9.46. The van der Waals surface area contributed by atoms with Crippen LogP contribution < -0.4 is 0 Å². The van der Waals surface area contributed by atoms with Crippen LogP contribution in [0, 0.1) is 23.7 Å². The lowest BCUT2D eigenvalue weighted by Gasteiger charge is -2.29. The molecule has 0 spiro atoms. The van der Waals surface area contributed by atoms with Crippen LogP contribution in [0.3, 0.4) is 0 Å². The van der Waals surface area contributed by atoms with Gasteiger partial charge in [-0.15, -0.1) is 8.58 Å². The average molecular weight is 222 g/mol. The predicted molar refractivity (Wildman–Crippen MR) is 66.8 cm³/mol. The third kappa shape index (κ3) is 1.51. The first-order chi connectivity index (χ1) is 7.38. The van der Waals surface area contributed by atoms with Crippen molar-refractivity contribution in [3.8, 4) is 0 Å². The van der Waals surface area contributed by atoms with Crippen molar-refractivity contribution in [3.05, 3.63) is 0 Å². The molecule has 4 rings (SSSR count). The predicted octanol–water partition coefficient (Wildman–Crippen LogP) is 4.04. The number of fused-ring (bicyclic) bond motifs is 4. The molecule has 4 saturated carbocycles. The Morgan fingerprint density at radius 3 is 1.47 bits per heavy atom. The van der Waals surface area contributed by atoms with Crippen molar-refractivity contribution >= 4 is 8.58 Å². The van der Waals surface area contributed by atoms with E-state index in [0.717, 1.165) is 0 Å². The summed E-state index contributed by atoms with van der Waals surface area (Å²) >= 11 is 0. The van der Waals surface area contributed by atoms with Gasteiger partial charge >= 0.3 is 0 Å². The molecular weight excluding hydrogens is 199 g/mol. The fraction of sp³-hybridized carbons (Fsp3) is 1.00. The maximum atomic E-state index is 1.64. The summed E-state index contributed by atoms with van der Waals surface area (Å²) in [5, 5.41) is 0. The molecule has 0 aromatic heterocycles. The molecule has 0 nitrogen and oxygen atoms in total. The van der Waals surface area contributed by atoms with Gasteiger partial charge in [0, 0.05) is 0 Å². The fourth-order valence-corrected chi connectivity index (χ4v) is 7.81. The van der Waals surface area contributed by atoms with E-state index in [0.29, 0.717) is 0 Å². The molecule has 4 bridgehead atoms. The first-order valence-corrected chi connectivity index (χ1v) is 8.30. The number of hydrogen-bond acceptors (Lipinski definition) is 0.